The molecule has 0 bridgehead atoms. The van der Waals surface area contributed by atoms with Gasteiger partial charge < -0.3 is 0 Å². The number of carbonyl (C=O) groups is 2. The van der Waals surface area contributed by atoms with Crippen LogP contribution in [0.15, 0.2) is 11.1 Å². The third-order valence-electron chi connectivity index (χ3n) is 2.40. The first-order valence-corrected chi connectivity index (χ1v) is 6.05. The summed E-state index contributed by atoms with van der Waals surface area (Å²) in [5, 5.41) is 2.14. The molecule has 0 aromatic rings. The topological polar surface area (TPSA) is 80.3 Å². The predicted octanol–water partition coefficient (Wildman–Crippen LogP) is -0.852. The van der Waals surface area contributed by atoms with Gasteiger partial charge in [-0.2, -0.15) is 0 Å². The Morgan fingerprint density at radius 2 is 1.93 bits per heavy atom. The lowest BCUT2D eigenvalue weighted by Gasteiger charge is -1.96. The second kappa shape index (κ2) is 2.91. The fraction of sp³-hybridized carbons (Fsp3) is 0.500. The van der Waals surface area contributed by atoms with Gasteiger partial charge in [0.2, 0.25) is 5.91 Å². The molecule has 2 amide bonds. The minimum absolute atomic E-state index is 0.0314. The minimum atomic E-state index is -3.02. The maximum atomic E-state index is 11.2. The van der Waals surface area contributed by atoms with E-state index in [1.165, 1.54) is 0 Å². The first-order chi connectivity index (χ1) is 6.48. The van der Waals surface area contributed by atoms with Gasteiger partial charge in [0.15, 0.2) is 9.84 Å². The lowest BCUT2D eigenvalue weighted by Crippen LogP contribution is -2.19. The summed E-state index contributed by atoms with van der Waals surface area (Å²) in [4.78, 5) is 22.1. The van der Waals surface area contributed by atoms with Gasteiger partial charge in [-0.15, -0.1) is 0 Å². The summed E-state index contributed by atoms with van der Waals surface area (Å²) in [6.07, 6.45) is 0.419. The summed E-state index contributed by atoms with van der Waals surface area (Å²) in [6, 6.07) is 0. The fourth-order valence-corrected chi connectivity index (χ4v) is 3.25. The molecule has 1 N–H and O–H groups in total. The van der Waals surface area contributed by atoms with Crippen LogP contribution in [-0.4, -0.2) is 31.7 Å². The second-order valence-electron chi connectivity index (χ2n) is 3.48. The lowest BCUT2D eigenvalue weighted by molar-refractivity contribution is -0.124. The van der Waals surface area contributed by atoms with Crippen LogP contribution in [0, 0.1) is 0 Å². The van der Waals surface area contributed by atoms with Crippen LogP contribution in [0.4, 0.5) is 0 Å². The van der Waals surface area contributed by atoms with Crippen molar-refractivity contribution >= 4 is 21.7 Å². The monoisotopic (exact) mass is 215 g/mol. The summed E-state index contributed by atoms with van der Waals surface area (Å²) in [5.74, 6) is -0.750. The number of hydrogen-bond acceptors (Lipinski definition) is 4. The molecule has 5 nitrogen and oxygen atoms in total. The van der Waals surface area contributed by atoms with Crippen molar-refractivity contribution < 1.29 is 18.0 Å². The molecule has 2 rings (SSSR count). The van der Waals surface area contributed by atoms with E-state index in [4.69, 9.17) is 0 Å². The van der Waals surface area contributed by atoms with E-state index in [2.05, 4.69) is 5.32 Å². The zero-order chi connectivity index (χ0) is 10.3. The standard InChI is InChI=1S/C8H9NO4S/c10-7-3-6(8(11)9-7)5-1-2-14(12,13)4-5/h1-4H2,(H,9,10,11). The fourth-order valence-electron chi connectivity index (χ4n) is 1.70. The Balaban J connectivity index is 2.35. The number of imide groups is 1. The Bertz CT molecular complexity index is 446. The molecule has 2 fully saturated rings. The van der Waals surface area contributed by atoms with E-state index in [1.807, 2.05) is 0 Å². The average Bonchev–Trinajstić information content (AvgIpc) is 2.55. The molecule has 0 spiro atoms. The molecule has 2 aliphatic heterocycles. The van der Waals surface area contributed by atoms with Gasteiger partial charge in [0.25, 0.3) is 5.91 Å². The molecule has 0 atom stereocenters. The van der Waals surface area contributed by atoms with Crippen molar-refractivity contribution in [3.05, 3.63) is 11.1 Å². The quantitative estimate of drug-likeness (QED) is 0.421. The molecule has 2 heterocycles. The number of sulfone groups is 1. The van der Waals surface area contributed by atoms with Crippen LogP contribution < -0.4 is 5.32 Å². The Kier molecular flexibility index (Phi) is 1.95. The highest BCUT2D eigenvalue weighted by atomic mass is 32.2. The average molecular weight is 215 g/mol. The van der Waals surface area contributed by atoms with Gasteiger partial charge in [0, 0.05) is 5.57 Å². The summed E-state index contributed by atoms with van der Waals surface area (Å²) in [7, 11) is -3.02. The van der Waals surface area contributed by atoms with Crippen molar-refractivity contribution in [3.63, 3.8) is 0 Å². The zero-order valence-electron chi connectivity index (χ0n) is 7.37. The number of hydrogen-bond donors (Lipinski definition) is 1. The van der Waals surface area contributed by atoms with Crippen molar-refractivity contribution in [2.75, 3.05) is 11.5 Å². The van der Waals surface area contributed by atoms with Gasteiger partial charge >= 0.3 is 0 Å². The molecular weight excluding hydrogens is 206 g/mol. The van der Waals surface area contributed by atoms with E-state index < -0.39 is 15.7 Å². The molecule has 76 valence electrons. The Morgan fingerprint density at radius 1 is 1.21 bits per heavy atom. The highest BCUT2D eigenvalue weighted by molar-refractivity contribution is 7.91. The highest BCUT2D eigenvalue weighted by Gasteiger charge is 2.32. The molecule has 0 saturated carbocycles. The molecule has 2 saturated heterocycles. The number of nitrogens with one attached hydrogen (secondary N) is 1. The van der Waals surface area contributed by atoms with Gasteiger partial charge in [-0.3, -0.25) is 14.9 Å². The van der Waals surface area contributed by atoms with Crippen LogP contribution in [0.2, 0.25) is 0 Å². The largest absolute Gasteiger partial charge is 0.292 e. The van der Waals surface area contributed by atoms with Crippen LogP contribution in [0.1, 0.15) is 12.8 Å². The van der Waals surface area contributed by atoms with Crippen molar-refractivity contribution in [2.24, 2.45) is 0 Å². The van der Waals surface area contributed by atoms with Gasteiger partial charge in [-0.25, -0.2) is 8.42 Å². The lowest BCUT2D eigenvalue weighted by atomic mass is 10.1. The van der Waals surface area contributed by atoms with Gasteiger partial charge in [0.05, 0.1) is 17.9 Å². The molecule has 14 heavy (non-hydrogen) atoms. The SMILES string of the molecule is O=C1CC(=C2CCS(=O)(=O)C2)C(=O)N1. The van der Waals surface area contributed by atoms with Crippen molar-refractivity contribution in [2.45, 2.75) is 12.8 Å². The molecule has 6 heteroatoms. The van der Waals surface area contributed by atoms with E-state index in [9.17, 15) is 18.0 Å². The van der Waals surface area contributed by atoms with Crippen LogP contribution in [-0.2, 0) is 19.4 Å². The predicted molar refractivity (Wildman–Crippen MR) is 48.1 cm³/mol. The normalized spacial score (nSPS) is 30.9. The van der Waals surface area contributed by atoms with E-state index in [0.717, 1.165) is 0 Å². The number of rotatable bonds is 0. The maximum absolute atomic E-state index is 11.2. The van der Waals surface area contributed by atoms with E-state index in [1.54, 1.807) is 0 Å². The maximum Gasteiger partial charge on any atom is 0.254 e. The first-order valence-electron chi connectivity index (χ1n) is 4.23. The van der Waals surface area contributed by atoms with Crippen LogP contribution >= 0.6 is 0 Å². The molecule has 0 radical (unpaired) electrons. The van der Waals surface area contributed by atoms with E-state index in [-0.39, 0.29) is 23.8 Å². The van der Waals surface area contributed by atoms with E-state index in [0.29, 0.717) is 17.6 Å². The summed E-state index contributed by atoms with van der Waals surface area (Å²) < 4.78 is 22.3. The highest BCUT2D eigenvalue weighted by Crippen LogP contribution is 2.25. The minimum Gasteiger partial charge on any atom is -0.292 e. The Morgan fingerprint density at radius 3 is 2.36 bits per heavy atom. The summed E-state index contributed by atoms with van der Waals surface area (Å²) in [5.41, 5.74) is 0.962. The van der Waals surface area contributed by atoms with Gasteiger partial charge in [-0.05, 0) is 12.0 Å². The zero-order valence-corrected chi connectivity index (χ0v) is 8.19. The first kappa shape index (κ1) is 9.39. The van der Waals surface area contributed by atoms with Crippen molar-refractivity contribution in [3.8, 4) is 0 Å². The molecule has 0 aromatic heterocycles. The van der Waals surface area contributed by atoms with Gasteiger partial charge in [-0.1, -0.05) is 0 Å². The molecule has 0 aliphatic carbocycles. The van der Waals surface area contributed by atoms with Gasteiger partial charge in [0.1, 0.15) is 0 Å². The summed E-state index contributed by atoms with van der Waals surface area (Å²) >= 11 is 0. The van der Waals surface area contributed by atoms with Crippen molar-refractivity contribution in [1.82, 2.24) is 5.32 Å². The number of carbonyl (C=O) groups excluding carboxylic acids is 2. The van der Waals surface area contributed by atoms with Crippen molar-refractivity contribution in [1.29, 1.82) is 0 Å². The Hall–Kier alpha value is -1.17. The third-order valence-corrected chi connectivity index (χ3v) is 4.01. The molecular formula is C8H9NO4S. The van der Waals surface area contributed by atoms with Crippen LogP contribution in [0.5, 0.6) is 0 Å². The van der Waals surface area contributed by atoms with Crippen LogP contribution in [0.3, 0.4) is 0 Å². The third kappa shape index (κ3) is 1.57. The van der Waals surface area contributed by atoms with E-state index >= 15 is 0 Å². The summed E-state index contributed by atoms with van der Waals surface area (Å²) in [6.45, 7) is 0. The second-order valence-corrected chi connectivity index (χ2v) is 5.66. The molecule has 0 aromatic carbocycles. The molecule has 2 aliphatic rings. The van der Waals surface area contributed by atoms with Crippen LogP contribution in [0.25, 0.3) is 0 Å². The number of amides is 2. The molecule has 0 unspecified atom stereocenters. The Labute approximate surface area is 81.1 Å². The smallest absolute Gasteiger partial charge is 0.254 e.